The van der Waals surface area contributed by atoms with Crippen LogP contribution in [-0.4, -0.2) is 23.5 Å². The highest BCUT2D eigenvalue weighted by Crippen LogP contribution is 2.26. The van der Waals surface area contributed by atoms with Crippen molar-refractivity contribution in [3.63, 3.8) is 0 Å². The minimum absolute atomic E-state index is 0.178. The Morgan fingerprint density at radius 3 is 2.83 bits per heavy atom. The molecule has 9 heteroatoms. The molecule has 0 aliphatic carbocycles. The Morgan fingerprint density at radius 1 is 1.29 bits per heavy atom. The van der Waals surface area contributed by atoms with E-state index in [2.05, 4.69) is 20.2 Å². The van der Waals surface area contributed by atoms with Crippen molar-refractivity contribution in [2.24, 2.45) is 5.10 Å². The smallest absolute Gasteiger partial charge is 0.406 e. The second-order valence-electron chi connectivity index (χ2n) is 4.69. The first kappa shape index (κ1) is 16.1. The van der Waals surface area contributed by atoms with Gasteiger partial charge in [-0.15, -0.1) is 24.5 Å². The molecule has 2 aromatic heterocycles. The van der Waals surface area contributed by atoms with Crippen molar-refractivity contribution < 1.29 is 22.7 Å². The van der Waals surface area contributed by atoms with Gasteiger partial charge in [0.25, 0.3) is 5.91 Å². The van der Waals surface area contributed by atoms with Crippen LogP contribution in [0, 0.1) is 0 Å². The maximum Gasteiger partial charge on any atom is 0.573 e. The molecule has 0 spiro atoms. The second kappa shape index (κ2) is 6.36. The molecule has 24 heavy (non-hydrogen) atoms. The summed E-state index contributed by atoms with van der Waals surface area (Å²) in [6, 6.07) is 8.89. The molecule has 0 bridgehead atoms. The van der Waals surface area contributed by atoms with Crippen LogP contribution in [0.2, 0.25) is 0 Å². The first-order valence-corrected chi connectivity index (χ1v) is 7.54. The van der Waals surface area contributed by atoms with E-state index >= 15 is 0 Å². The molecule has 5 nitrogen and oxygen atoms in total. The van der Waals surface area contributed by atoms with Gasteiger partial charge in [0.15, 0.2) is 0 Å². The standard InChI is InChI=1S/C15H10F3N3O2S/c16-15(17,18)23-10-3-4-12-9(6-10)7-13(20-12)14(22)21-19-8-11-2-1-5-24-11/h1-8,20H,(H,21,22)/b19-8-. The zero-order valence-electron chi connectivity index (χ0n) is 11.9. The van der Waals surface area contributed by atoms with E-state index < -0.39 is 12.3 Å². The third kappa shape index (κ3) is 3.93. The number of H-pyrrole nitrogens is 1. The molecule has 2 heterocycles. The Morgan fingerprint density at radius 2 is 2.12 bits per heavy atom. The molecule has 0 radical (unpaired) electrons. The number of thiophene rings is 1. The number of nitrogens with one attached hydrogen (secondary N) is 2. The summed E-state index contributed by atoms with van der Waals surface area (Å²) in [6.07, 6.45) is -3.26. The van der Waals surface area contributed by atoms with Crippen molar-refractivity contribution in [2.75, 3.05) is 0 Å². The number of carbonyl (C=O) groups is 1. The summed E-state index contributed by atoms with van der Waals surface area (Å²) in [4.78, 5) is 15.7. The van der Waals surface area contributed by atoms with Crippen LogP contribution in [-0.2, 0) is 0 Å². The van der Waals surface area contributed by atoms with Crippen LogP contribution in [0.3, 0.4) is 0 Å². The number of nitrogens with zero attached hydrogens (tertiary/aromatic N) is 1. The van der Waals surface area contributed by atoms with Crippen LogP contribution < -0.4 is 10.2 Å². The average Bonchev–Trinajstić information content (AvgIpc) is 3.13. The number of ether oxygens (including phenoxy) is 1. The van der Waals surface area contributed by atoms with Crippen molar-refractivity contribution in [1.82, 2.24) is 10.4 Å². The zero-order chi connectivity index (χ0) is 17.2. The topological polar surface area (TPSA) is 66.5 Å². The van der Waals surface area contributed by atoms with Crippen molar-refractivity contribution in [3.05, 3.63) is 52.3 Å². The van der Waals surface area contributed by atoms with Crippen LogP contribution in [0.15, 0.2) is 46.9 Å². The third-order valence-electron chi connectivity index (χ3n) is 2.97. The molecule has 0 aliphatic rings. The lowest BCUT2D eigenvalue weighted by molar-refractivity contribution is -0.274. The highest BCUT2D eigenvalue weighted by atomic mass is 32.1. The number of hydrogen-bond acceptors (Lipinski definition) is 4. The Bertz CT molecular complexity index is 885. The Balaban J connectivity index is 1.73. The van der Waals surface area contributed by atoms with Crippen LogP contribution in [0.1, 0.15) is 15.4 Å². The predicted octanol–water partition coefficient (Wildman–Crippen LogP) is 3.89. The molecule has 0 atom stereocenters. The highest BCUT2D eigenvalue weighted by molar-refractivity contribution is 7.11. The lowest BCUT2D eigenvalue weighted by Gasteiger charge is -2.08. The fourth-order valence-electron chi connectivity index (χ4n) is 2.01. The molecule has 0 saturated carbocycles. The molecular formula is C15H10F3N3O2S. The molecule has 1 aromatic carbocycles. The number of halogens is 3. The van der Waals surface area contributed by atoms with Gasteiger partial charge in [0.1, 0.15) is 11.4 Å². The number of hydrazone groups is 1. The molecule has 3 rings (SSSR count). The molecular weight excluding hydrogens is 343 g/mol. The van der Waals surface area contributed by atoms with Gasteiger partial charge in [-0.1, -0.05) is 6.07 Å². The Labute approximate surface area is 137 Å². The van der Waals surface area contributed by atoms with Gasteiger partial charge in [0.2, 0.25) is 0 Å². The van der Waals surface area contributed by atoms with E-state index in [-0.39, 0.29) is 11.4 Å². The van der Waals surface area contributed by atoms with E-state index in [4.69, 9.17) is 0 Å². The summed E-state index contributed by atoms with van der Waals surface area (Å²) in [5, 5.41) is 6.12. The van der Waals surface area contributed by atoms with Crippen molar-refractivity contribution in [1.29, 1.82) is 0 Å². The number of alkyl halides is 3. The summed E-state index contributed by atoms with van der Waals surface area (Å²) in [5.41, 5.74) is 3.03. The fourth-order valence-corrected chi connectivity index (χ4v) is 2.59. The van der Waals surface area contributed by atoms with Gasteiger partial charge in [-0.05, 0) is 35.7 Å². The van der Waals surface area contributed by atoms with Crippen molar-refractivity contribution >= 4 is 34.4 Å². The summed E-state index contributed by atoms with van der Waals surface area (Å²) in [5.74, 6) is -0.853. The van der Waals surface area contributed by atoms with Gasteiger partial charge >= 0.3 is 6.36 Å². The van der Waals surface area contributed by atoms with Gasteiger partial charge in [-0.2, -0.15) is 5.10 Å². The van der Waals surface area contributed by atoms with E-state index in [1.807, 2.05) is 17.5 Å². The third-order valence-corrected chi connectivity index (χ3v) is 3.78. The average molecular weight is 353 g/mol. The molecule has 3 aromatic rings. The first-order chi connectivity index (χ1) is 11.4. The van der Waals surface area contributed by atoms with Gasteiger partial charge in [-0.25, -0.2) is 5.43 Å². The van der Waals surface area contributed by atoms with E-state index in [1.165, 1.54) is 41.8 Å². The zero-order valence-corrected chi connectivity index (χ0v) is 12.7. The van der Waals surface area contributed by atoms with Gasteiger partial charge < -0.3 is 9.72 Å². The maximum atomic E-state index is 12.2. The minimum atomic E-state index is -4.76. The number of aromatic amines is 1. The number of carbonyl (C=O) groups excluding carboxylic acids is 1. The second-order valence-corrected chi connectivity index (χ2v) is 5.67. The van der Waals surface area contributed by atoms with E-state index in [9.17, 15) is 18.0 Å². The molecule has 0 fully saturated rings. The summed E-state index contributed by atoms with van der Waals surface area (Å²) in [6.45, 7) is 0. The number of rotatable bonds is 4. The molecule has 0 unspecified atom stereocenters. The number of amides is 1. The minimum Gasteiger partial charge on any atom is -0.406 e. The van der Waals surface area contributed by atoms with Gasteiger partial charge in [0.05, 0.1) is 6.21 Å². The summed E-state index contributed by atoms with van der Waals surface area (Å²) < 4.78 is 40.5. The lowest BCUT2D eigenvalue weighted by Crippen LogP contribution is -2.17. The number of hydrogen-bond donors (Lipinski definition) is 2. The molecule has 1 amide bonds. The van der Waals surface area contributed by atoms with Crippen LogP contribution in [0.5, 0.6) is 5.75 Å². The number of fused-ring (bicyclic) bond motifs is 1. The van der Waals surface area contributed by atoms with Crippen LogP contribution in [0.4, 0.5) is 13.2 Å². The SMILES string of the molecule is O=C(N/N=C\c1cccs1)c1cc2cc(OC(F)(F)F)ccc2[nH]1. The lowest BCUT2D eigenvalue weighted by atomic mass is 10.2. The van der Waals surface area contributed by atoms with Gasteiger partial charge in [-0.3, -0.25) is 4.79 Å². The van der Waals surface area contributed by atoms with Crippen molar-refractivity contribution in [2.45, 2.75) is 6.36 Å². The monoisotopic (exact) mass is 353 g/mol. The molecule has 124 valence electrons. The van der Waals surface area contributed by atoms with Crippen LogP contribution >= 0.6 is 11.3 Å². The number of aromatic nitrogens is 1. The Kier molecular flexibility index (Phi) is 4.26. The van der Waals surface area contributed by atoms with Crippen molar-refractivity contribution in [3.8, 4) is 5.75 Å². The normalized spacial score (nSPS) is 12.0. The summed E-state index contributed by atoms with van der Waals surface area (Å²) >= 11 is 1.47. The van der Waals surface area contributed by atoms with Gasteiger partial charge in [0, 0.05) is 15.8 Å². The van der Waals surface area contributed by atoms with Crippen LogP contribution in [0.25, 0.3) is 10.9 Å². The number of benzene rings is 1. The first-order valence-electron chi connectivity index (χ1n) is 6.66. The largest absolute Gasteiger partial charge is 0.573 e. The fraction of sp³-hybridized carbons (Fsp3) is 0.0667. The molecule has 2 N–H and O–H groups in total. The Hall–Kier alpha value is -2.81. The highest BCUT2D eigenvalue weighted by Gasteiger charge is 2.31. The van der Waals surface area contributed by atoms with E-state index in [1.54, 1.807) is 0 Å². The van der Waals surface area contributed by atoms with E-state index in [0.29, 0.717) is 10.9 Å². The van der Waals surface area contributed by atoms with E-state index in [0.717, 1.165) is 4.88 Å². The molecule has 0 aliphatic heterocycles. The maximum absolute atomic E-state index is 12.2. The summed E-state index contributed by atoms with van der Waals surface area (Å²) in [7, 11) is 0. The quantitative estimate of drug-likeness (QED) is 0.552. The predicted molar refractivity (Wildman–Crippen MR) is 84.4 cm³/mol. The molecule has 0 saturated heterocycles.